The van der Waals surface area contributed by atoms with Crippen LogP contribution in [0.5, 0.6) is 5.88 Å². The molecule has 4 heterocycles. The molecule has 0 atom stereocenters. The Labute approximate surface area is 178 Å². The minimum Gasteiger partial charge on any atom is -0.475 e. The molecular weight excluding hydrogens is 412 g/mol. The fraction of sp³-hybridized carbons (Fsp3) is 0.571. The number of hydrogen-bond donors (Lipinski definition) is 0. The molecule has 4 rings (SSSR count). The number of carbonyl (C=O) groups excluding carboxylic acids is 1. The van der Waals surface area contributed by atoms with Crippen LogP contribution in [-0.4, -0.2) is 54.6 Å². The van der Waals surface area contributed by atoms with E-state index in [1.165, 1.54) is 16.2 Å². The van der Waals surface area contributed by atoms with Crippen molar-refractivity contribution in [1.82, 2.24) is 9.97 Å². The van der Waals surface area contributed by atoms with E-state index < -0.39 is 11.3 Å². The summed E-state index contributed by atoms with van der Waals surface area (Å²) >= 11 is 1.51. The number of alkyl halides is 2. The summed E-state index contributed by atoms with van der Waals surface area (Å²) in [5, 5.41) is 2.76. The number of thiazole rings is 1. The Bertz CT molecular complexity index is 922. The summed E-state index contributed by atoms with van der Waals surface area (Å²) in [6, 6.07) is 3.24. The lowest BCUT2D eigenvalue weighted by atomic mass is 9.87. The monoisotopic (exact) mass is 437 g/mol. The molecule has 0 aliphatic carbocycles. The highest BCUT2D eigenvalue weighted by molar-refractivity contribution is 7.09. The van der Waals surface area contributed by atoms with Crippen LogP contribution in [0.15, 0.2) is 23.7 Å². The maximum absolute atomic E-state index is 13.4. The third-order valence-electron chi connectivity index (χ3n) is 5.38. The molecule has 30 heavy (non-hydrogen) atoms. The molecule has 0 aromatic carbocycles. The number of nitrogens with zero attached hydrogens (tertiary/aromatic N) is 3. The molecule has 0 bridgehead atoms. The van der Waals surface area contributed by atoms with Crippen molar-refractivity contribution >= 4 is 22.8 Å². The zero-order chi connectivity index (χ0) is 21.6. The molecule has 0 unspecified atom stereocenters. The molecule has 2 aromatic rings. The van der Waals surface area contributed by atoms with Gasteiger partial charge in [0.2, 0.25) is 5.88 Å². The quantitative estimate of drug-likeness (QED) is 0.583. The highest BCUT2D eigenvalue weighted by Crippen LogP contribution is 2.38. The third kappa shape index (κ3) is 4.32. The van der Waals surface area contributed by atoms with Gasteiger partial charge in [-0.25, -0.2) is 18.7 Å². The van der Waals surface area contributed by atoms with Gasteiger partial charge in [0.15, 0.2) is 5.78 Å². The summed E-state index contributed by atoms with van der Waals surface area (Å²) < 4.78 is 38.0. The van der Waals surface area contributed by atoms with Crippen molar-refractivity contribution in [3.63, 3.8) is 0 Å². The van der Waals surface area contributed by atoms with Crippen molar-refractivity contribution in [1.29, 1.82) is 0 Å². The lowest BCUT2D eigenvalue weighted by Crippen LogP contribution is -2.56. The standard InChI is InChI=1S/C21H25F2N3O3S/c1-19(2,18-24-6-7-30-18)8-16(27)14-4-5-15(26-9-21(22,23)10-26)17(25-14)29-13-20(3)11-28-12-20/h4-7H,8-13H2,1-3H3. The van der Waals surface area contributed by atoms with Crippen molar-refractivity contribution in [2.75, 3.05) is 37.8 Å². The van der Waals surface area contributed by atoms with Crippen molar-refractivity contribution in [3.05, 3.63) is 34.4 Å². The van der Waals surface area contributed by atoms with Crippen molar-refractivity contribution in [2.24, 2.45) is 5.41 Å². The van der Waals surface area contributed by atoms with Crippen LogP contribution >= 0.6 is 11.3 Å². The number of rotatable bonds is 8. The number of carbonyl (C=O) groups is 1. The van der Waals surface area contributed by atoms with Gasteiger partial charge in [-0.2, -0.15) is 0 Å². The van der Waals surface area contributed by atoms with E-state index in [1.807, 2.05) is 26.2 Å². The van der Waals surface area contributed by atoms with Crippen LogP contribution in [0.1, 0.15) is 42.7 Å². The third-order valence-corrected chi connectivity index (χ3v) is 6.52. The Morgan fingerprint density at radius 3 is 2.63 bits per heavy atom. The van der Waals surface area contributed by atoms with Gasteiger partial charge in [-0.3, -0.25) is 4.79 Å². The van der Waals surface area contributed by atoms with Gasteiger partial charge in [0.05, 0.1) is 37.9 Å². The predicted molar refractivity (Wildman–Crippen MR) is 110 cm³/mol. The topological polar surface area (TPSA) is 64.5 Å². The lowest BCUT2D eigenvalue weighted by Gasteiger charge is -2.41. The van der Waals surface area contributed by atoms with Crippen LogP contribution in [0.25, 0.3) is 0 Å². The molecule has 2 aliphatic heterocycles. The Morgan fingerprint density at radius 2 is 2.07 bits per heavy atom. The smallest absolute Gasteiger partial charge is 0.282 e. The summed E-state index contributed by atoms with van der Waals surface area (Å²) in [4.78, 5) is 23.2. The van der Waals surface area contributed by atoms with Crippen LogP contribution in [0.3, 0.4) is 0 Å². The normalized spacial score (nSPS) is 19.7. The van der Waals surface area contributed by atoms with Crippen LogP contribution in [-0.2, 0) is 10.2 Å². The van der Waals surface area contributed by atoms with Crippen LogP contribution in [0.2, 0.25) is 0 Å². The van der Waals surface area contributed by atoms with Crippen molar-refractivity contribution in [3.8, 4) is 5.88 Å². The SMILES string of the molecule is CC1(COc2nc(C(=O)CC(C)(C)c3nccs3)ccc2N2CC(F)(F)C2)COC1. The van der Waals surface area contributed by atoms with E-state index in [-0.39, 0.29) is 42.3 Å². The average molecular weight is 438 g/mol. The largest absolute Gasteiger partial charge is 0.475 e. The zero-order valence-electron chi connectivity index (χ0n) is 17.3. The second-order valence-electron chi connectivity index (χ2n) is 9.15. The number of pyridine rings is 1. The van der Waals surface area contributed by atoms with Crippen molar-refractivity contribution < 1.29 is 23.0 Å². The molecule has 2 fully saturated rings. The molecule has 2 aromatic heterocycles. The average Bonchev–Trinajstić information content (AvgIpc) is 3.18. The number of hydrogen-bond acceptors (Lipinski definition) is 7. The van der Waals surface area contributed by atoms with E-state index in [0.29, 0.717) is 25.5 Å². The molecule has 2 aliphatic rings. The fourth-order valence-corrected chi connectivity index (χ4v) is 4.28. The van der Waals surface area contributed by atoms with Gasteiger partial charge < -0.3 is 14.4 Å². The zero-order valence-corrected chi connectivity index (χ0v) is 18.1. The fourth-order valence-electron chi connectivity index (χ4n) is 3.52. The van der Waals surface area contributed by atoms with Crippen LogP contribution in [0.4, 0.5) is 14.5 Å². The molecule has 0 spiro atoms. The predicted octanol–water partition coefficient (Wildman–Crippen LogP) is 3.96. The van der Waals surface area contributed by atoms with Crippen molar-refractivity contribution in [2.45, 2.75) is 38.5 Å². The molecule has 0 saturated carbocycles. The number of Topliss-reactive ketones (excluding diaryl/α,β-unsaturated/α-hetero) is 1. The first-order valence-electron chi connectivity index (χ1n) is 9.85. The maximum Gasteiger partial charge on any atom is 0.282 e. The molecule has 0 N–H and O–H groups in total. The van der Waals surface area contributed by atoms with Crippen LogP contribution < -0.4 is 9.64 Å². The summed E-state index contributed by atoms with van der Waals surface area (Å²) in [6.45, 7) is 6.70. The number of ether oxygens (including phenoxy) is 2. The van der Waals surface area contributed by atoms with E-state index in [1.54, 1.807) is 18.3 Å². The lowest BCUT2D eigenvalue weighted by molar-refractivity contribution is -0.120. The molecule has 0 radical (unpaired) electrons. The van der Waals surface area contributed by atoms with E-state index in [0.717, 1.165) is 5.01 Å². The van der Waals surface area contributed by atoms with Gasteiger partial charge in [-0.15, -0.1) is 11.3 Å². The van der Waals surface area contributed by atoms with Gasteiger partial charge in [0, 0.05) is 28.8 Å². The van der Waals surface area contributed by atoms with Gasteiger partial charge in [0.25, 0.3) is 5.92 Å². The number of ketones is 1. The van der Waals surface area contributed by atoms with E-state index >= 15 is 0 Å². The number of halogens is 2. The second kappa shape index (κ2) is 7.53. The highest BCUT2D eigenvalue weighted by Gasteiger charge is 2.45. The first kappa shape index (κ1) is 21.1. The van der Waals surface area contributed by atoms with Gasteiger partial charge in [-0.05, 0) is 12.1 Å². The Morgan fingerprint density at radius 1 is 1.33 bits per heavy atom. The maximum atomic E-state index is 13.4. The minimum absolute atomic E-state index is 0.134. The highest BCUT2D eigenvalue weighted by atomic mass is 32.1. The Hall–Kier alpha value is -2.13. The Kier molecular flexibility index (Phi) is 5.30. The van der Waals surface area contributed by atoms with Crippen LogP contribution in [0, 0.1) is 5.41 Å². The molecule has 0 amide bonds. The molecule has 6 nitrogen and oxygen atoms in total. The molecule has 2 saturated heterocycles. The van der Waals surface area contributed by atoms with E-state index in [2.05, 4.69) is 9.97 Å². The summed E-state index contributed by atoms with van der Waals surface area (Å²) in [6.07, 6.45) is 1.96. The first-order chi connectivity index (χ1) is 14.1. The number of anilines is 1. The molecule has 9 heteroatoms. The summed E-state index contributed by atoms with van der Waals surface area (Å²) in [5.74, 6) is -2.63. The van der Waals surface area contributed by atoms with Gasteiger partial charge >= 0.3 is 0 Å². The molecular formula is C21H25F2N3O3S. The number of aromatic nitrogens is 2. The van der Waals surface area contributed by atoms with Gasteiger partial charge in [-0.1, -0.05) is 20.8 Å². The first-order valence-corrected chi connectivity index (χ1v) is 10.7. The summed E-state index contributed by atoms with van der Waals surface area (Å²) in [5.41, 5.74) is 0.189. The Balaban J connectivity index is 1.54. The second-order valence-corrected chi connectivity index (χ2v) is 10.0. The summed E-state index contributed by atoms with van der Waals surface area (Å²) in [7, 11) is 0. The van der Waals surface area contributed by atoms with Gasteiger partial charge in [0.1, 0.15) is 11.4 Å². The van der Waals surface area contributed by atoms with E-state index in [4.69, 9.17) is 9.47 Å². The molecule has 162 valence electrons. The van der Waals surface area contributed by atoms with E-state index in [9.17, 15) is 13.6 Å². The minimum atomic E-state index is -2.71.